The Kier molecular flexibility index (Phi) is 4.20. The summed E-state index contributed by atoms with van der Waals surface area (Å²) in [6.45, 7) is 1.82. The maximum atomic E-state index is 11.4. The Morgan fingerprint density at radius 3 is 3.18 bits per heavy atom. The molecule has 0 bridgehead atoms. The average Bonchev–Trinajstić information content (AvgIpc) is 2.84. The van der Waals surface area contributed by atoms with Crippen molar-refractivity contribution in [3.8, 4) is 0 Å². The highest BCUT2D eigenvalue weighted by Gasteiger charge is 2.25. The summed E-state index contributed by atoms with van der Waals surface area (Å²) in [5.41, 5.74) is 0. The zero-order valence-corrected chi connectivity index (χ0v) is 10.2. The molecule has 1 unspecified atom stereocenters. The minimum Gasteiger partial charge on any atom is -0.469 e. The van der Waals surface area contributed by atoms with E-state index in [0.29, 0.717) is 12.5 Å². The molecule has 0 spiro atoms. The van der Waals surface area contributed by atoms with Crippen molar-refractivity contribution in [2.24, 2.45) is 0 Å². The van der Waals surface area contributed by atoms with Crippen molar-refractivity contribution in [3.63, 3.8) is 0 Å². The molecule has 4 nitrogen and oxygen atoms in total. The largest absolute Gasteiger partial charge is 0.469 e. The first kappa shape index (κ1) is 12.2. The zero-order chi connectivity index (χ0) is 12.1. The summed E-state index contributed by atoms with van der Waals surface area (Å²) in [7, 11) is 1.45. The van der Waals surface area contributed by atoms with Gasteiger partial charge in [0.2, 0.25) is 0 Å². The summed E-state index contributed by atoms with van der Waals surface area (Å²) in [4.78, 5) is 13.7. The third-order valence-electron chi connectivity index (χ3n) is 3.32. The van der Waals surface area contributed by atoms with E-state index >= 15 is 0 Å². The van der Waals surface area contributed by atoms with E-state index in [9.17, 15) is 4.79 Å². The number of likely N-dealkylation sites (tertiary alicyclic amines) is 1. The van der Waals surface area contributed by atoms with Crippen molar-refractivity contribution in [2.75, 3.05) is 13.7 Å². The third kappa shape index (κ3) is 3.33. The molecule has 0 radical (unpaired) electrons. The van der Waals surface area contributed by atoms with Crippen LogP contribution >= 0.6 is 0 Å². The number of nitrogens with zero attached hydrogens (tertiary/aromatic N) is 1. The standard InChI is InChI=1S/C13H19NO3/c1-16-13(15)9-11-5-2-3-7-14(11)10-12-6-4-8-17-12/h4,6,8,11H,2-3,5,7,9-10H2,1H3. The van der Waals surface area contributed by atoms with Gasteiger partial charge in [-0.05, 0) is 31.5 Å². The van der Waals surface area contributed by atoms with Gasteiger partial charge in [-0.1, -0.05) is 6.42 Å². The predicted molar refractivity (Wildman–Crippen MR) is 63.4 cm³/mol. The maximum Gasteiger partial charge on any atom is 0.307 e. The van der Waals surface area contributed by atoms with Crippen LogP contribution < -0.4 is 0 Å². The summed E-state index contributed by atoms with van der Waals surface area (Å²) in [6, 6.07) is 4.17. The first-order valence-electron chi connectivity index (χ1n) is 6.13. The minimum atomic E-state index is -0.124. The molecular weight excluding hydrogens is 218 g/mol. The molecule has 17 heavy (non-hydrogen) atoms. The van der Waals surface area contributed by atoms with Crippen molar-refractivity contribution in [1.29, 1.82) is 0 Å². The topological polar surface area (TPSA) is 42.7 Å². The van der Waals surface area contributed by atoms with Crippen LogP contribution in [0.1, 0.15) is 31.4 Å². The summed E-state index contributed by atoms with van der Waals surface area (Å²) in [5.74, 6) is 0.836. The van der Waals surface area contributed by atoms with E-state index in [-0.39, 0.29) is 5.97 Å². The number of rotatable bonds is 4. The molecule has 0 N–H and O–H groups in total. The number of hydrogen-bond donors (Lipinski definition) is 0. The van der Waals surface area contributed by atoms with Crippen molar-refractivity contribution >= 4 is 5.97 Å². The molecule has 2 rings (SSSR count). The minimum absolute atomic E-state index is 0.124. The summed E-state index contributed by atoms with van der Waals surface area (Å²) >= 11 is 0. The van der Waals surface area contributed by atoms with Gasteiger partial charge in [0.25, 0.3) is 0 Å². The number of carbonyl (C=O) groups is 1. The molecule has 2 heterocycles. The van der Waals surface area contributed by atoms with Crippen LogP contribution in [0.15, 0.2) is 22.8 Å². The highest BCUT2D eigenvalue weighted by Crippen LogP contribution is 2.22. The highest BCUT2D eigenvalue weighted by atomic mass is 16.5. The van der Waals surface area contributed by atoms with Crippen LogP contribution in [0.3, 0.4) is 0 Å². The molecule has 1 fully saturated rings. The quantitative estimate of drug-likeness (QED) is 0.753. The van der Waals surface area contributed by atoms with Gasteiger partial charge in [-0.3, -0.25) is 9.69 Å². The first-order valence-corrected chi connectivity index (χ1v) is 6.13. The van der Waals surface area contributed by atoms with Gasteiger partial charge < -0.3 is 9.15 Å². The monoisotopic (exact) mass is 237 g/mol. The second-order valence-electron chi connectivity index (χ2n) is 4.48. The van der Waals surface area contributed by atoms with Crippen LogP contribution in [-0.2, 0) is 16.1 Å². The first-order chi connectivity index (χ1) is 8.29. The molecule has 1 aromatic heterocycles. The number of hydrogen-bond acceptors (Lipinski definition) is 4. The number of ether oxygens (including phenoxy) is 1. The Balaban J connectivity index is 1.94. The fraction of sp³-hybridized carbons (Fsp3) is 0.615. The normalized spacial score (nSPS) is 21.4. The Morgan fingerprint density at radius 2 is 2.47 bits per heavy atom. The second kappa shape index (κ2) is 5.87. The lowest BCUT2D eigenvalue weighted by atomic mass is 9.99. The van der Waals surface area contributed by atoms with Crippen LogP contribution in [0.4, 0.5) is 0 Å². The van der Waals surface area contributed by atoms with Gasteiger partial charge >= 0.3 is 5.97 Å². The lowest BCUT2D eigenvalue weighted by Crippen LogP contribution is -2.40. The number of esters is 1. The predicted octanol–water partition coefficient (Wildman–Crippen LogP) is 2.20. The zero-order valence-electron chi connectivity index (χ0n) is 10.2. The molecule has 1 saturated heterocycles. The number of furan rings is 1. The molecule has 1 aliphatic rings. The van der Waals surface area contributed by atoms with Crippen LogP contribution in [0, 0.1) is 0 Å². The summed E-state index contributed by atoms with van der Waals surface area (Å²) in [6.07, 6.45) is 5.62. The summed E-state index contributed by atoms with van der Waals surface area (Å²) in [5, 5.41) is 0. The fourth-order valence-electron chi connectivity index (χ4n) is 2.38. The Morgan fingerprint density at radius 1 is 1.59 bits per heavy atom. The molecule has 0 aromatic carbocycles. The van der Waals surface area contributed by atoms with Crippen molar-refractivity contribution in [2.45, 2.75) is 38.3 Å². The van der Waals surface area contributed by atoms with Gasteiger partial charge in [0.1, 0.15) is 5.76 Å². The lowest BCUT2D eigenvalue weighted by molar-refractivity contribution is -0.142. The van der Waals surface area contributed by atoms with E-state index < -0.39 is 0 Å². The number of carbonyl (C=O) groups excluding carboxylic acids is 1. The van der Waals surface area contributed by atoms with E-state index in [1.807, 2.05) is 12.1 Å². The van der Waals surface area contributed by atoms with Gasteiger partial charge in [0.15, 0.2) is 0 Å². The van der Waals surface area contributed by atoms with Crippen LogP contribution in [0.25, 0.3) is 0 Å². The molecule has 0 aliphatic carbocycles. The van der Waals surface area contributed by atoms with E-state index in [1.165, 1.54) is 20.0 Å². The van der Waals surface area contributed by atoms with E-state index in [4.69, 9.17) is 9.15 Å². The Hall–Kier alpha value is -1.29. The molecule has 1 aromatic rings. The average molecular weight is 237 g/mol. The molecule has 94 valence electrons. The van der Waals surface area contributed by atoms with E-state index in [1.54, 1.807) is 6.26 Å². The molecule has 0 saturated carbocycles. The Bertz CT molecular complexity index is 348. The van der Waals surface area contributed by atoms with Crippen molar-refractivity contribution in [3.05, 3.63) is 24.2 Å². The van der Waals surface area contributed by atoms with Gasteiger partial charge in [-0.2, -0.15) is 0 Å². The summed E-state index contributed by atoms with van der Waals surface area (Å²) < 4.78 is 10.1. The molecule has 1 atom stereocenters. The van der Waals surface area contributed by atoms with Gasteiger partial charge in [0, 0.05) is 6.04 Å². The van der Waals surface area contributed by atoms with Gasteiger partial charge in [-0.15, -0.1) is 0 Å². The second-order valence-corrected chi connectivity index (χ2v) is 4.48. The fourth-order valence-corrected chi connectivity index (χ4v) is 2.38. The lowest BCUT2D eigenvalue weighted by Gasteiger charge is -2.34. The third-order valence-corrected chi connectivity index (χ3v) is 3.32. The molecule has 4 heteroatoms. The Labute approximate surface area is 102 Å². The smallest absolute Gasteiger partial charge is 0.307 e. The van der Waals surface area contributed by atoms with Crippen LogP contribution in [0.2, 0.25) is 0 Å². The van der Waals surface area contributed by atoms with Crippen LogP contribution in [-0.4, -0.2) is 30.6 Å². The molecule has 0 amide bonds. The molecule has 1 aliphatic heterocycles. The maximum absolute atomic E-state index is 11.4. The van der Waals surface area contributed by atoms with Gasteiger partial charge in [-0.25, -0.2) is 0 Å². The van der Waals surface area contributed by atoms with Crippen LogP contribution in [0.5, 0.6) is 0 Å². The van der Waals surface area contributed by atoms with E-state index in [2.05, 4.69) is 4.90 Å². The van der Waals surface area contributed by atoms with E-state index in [0.717, 1.165) is 25.3 Å². The van der Waals surface area contributed by atoms with Crippen molar-refractivity contribution in [1.82, 2.24) is 4.90 Å². The number of piperidine rings is 1. The molecular formula is C13H19NO3. The van der Waals surface area contributed by atoms with Gasteiger partial charge in [0.05, 0.1) is 26.3 Å². The SMILES string of the molecule is COC(=O)CC1CCCCN1Cc1ccco1. The highest BCUT2D eigenvalue weighted by molar-refractivity contribution is 5.69. The van der Waals surface area contributed by atoms with Crippen molar-refractivity contribution < 1.29 is 13.9 Å². The number of methoxy groups -OCH3 is 1.